The summed E-state index contributed by atoms with van der Waals surface area (Å²) in [6, 6.07) is 22.1. The van der Waals surface area contributed by atoms with Crippen LogP contribution in [0, 0.1) is 13.8 Å². The number of carbonyl (C=O) groups excluding carboxylic acids is 1. The Labute approximate surface area is 174 Å². The highest BCUT2D eigenvalue weighted by Crippen LogP contribution is 2.31. The first-order valence-corrected chi connectivity index (χ1v) is 10.5. The van der Waals surface area contributed by atoms with Crippen LogP contribution < -0.4 is 10.6 Å². The number of rotatable bonds is 5. The van der Waals surface area contributed by atoms with Gasteiger partial charge in [-0.3, -0.25) is 0 Å². The average molecular weight is 402 g/mol. The minimum atomic E-state index is -0.193. The molecule has 0 fully saturated rings. The maximum atomic E-state index is 12.2. The molecular formula is C24H23N3OS. The van der Waals surface area contributed by atoms with E-state index < -0.39 is 0 Å². The number of nitrogens with zero attached hydrogens (tertiary/aromatic N) is 1. The minimum Gasteiger partial charge on any atom is -0.338 e. The number of fused-ring (bicyclic) bond motifs is 1. The molecule has 2 N–H and O–H groups in total. The molecular weight excluding hydrogens is 378 g/mol. The van der Waals surface area contributed by atoms with Crippen molar-refractivity contribution in [2.24, 2.45) is 0 Å². The zero-order valence-corrected chi connectivity index (χ0v) is 17.3. The molecule has 0 atom stereocenters. The summed E-state index contributed by atoms with van der Waals surface area (Å²) in [5.74, 6) is 0. The lowest BCUT2D eigenvalue weighted by molar-refractivity contribution is 0.252. The van der Waals surface area contributed by atoms with E-state index in [4.69, 9.17) is 4.98 Å². The van der Waals surface area contributed by atoms with E-state index >= 15 is 0 Å². The molecule has 0 spiro atoms. The molecule has 4 rings (SSSR count). The van der Waals surface area contributed by atoms with Gasteiger partial charge in [0.1, 0.15) is 5.01 Å². The fourth-order valence-electron chi connectivity index (χ4n) is 3.23. The Bertz CT molecular complexity index is 1150. The Hall–Kier alpha value is -3.18. The maximum absolute atomic E-state index is 12.2. The van der Waals surface area contributed by atoms with Crippen LogP contribution >= 0.6 is 11.3 Å². The number of nitrogens with one attached hydrogen (secondary N) is 2. The van der Waals surface area contributed by atoms with Crippen molar-refractivity contribution >= 4 is 33.3 Å². The molecule has 0 saturated heterocycles. The van der Waals surface area contributed by atoms with Gasteiger partial charge in [0, 0.05) is 17.8 Å². The van der Waals surface area contributed by atoms with E-state index in [2.05, 4.69) is 54.8 Å². The SMILES string of the molecule is Cc1ccc2nc(-c3ccc(NC(=O)NCCc4ccccc4C)cc3)sc2c1. The summed E-state index contributed by atoms with van der Waals surface area (Å²) < 4.78 is 1.19. The van der Waals surface area contributed by atoms with Gasteiger partial charge in [-0.15, -0.1) is 11.3 Å². The number of hydrogen-bond acceptors (Lipinski definition) is 3. The molecule has 146 valence electrons. The third-order valence-corrected chi connectivity index (χ3v) is 5.94. The number of aromatic nitrogens is 1. The molecule has 0 aliphatic heterocycles. The number of hydrogen-bond donors (Lipinski definition) is 2. The Morgan fingerprint density at radius 2 is 1.79 bits per heavy atom. The molecule has 4 nitrogen and oxygen atoms in total. The molecule has 29 heavy (non-hydrogen) atoms. The fraction of sp³-hybridized carbons (Fsp3) is 0.167. The second-order valence-electron chi connectivity index (χ2n) is 7.12. The molecule has 0 radical (unpaired) electrons. The van der Waals surface area contributed by atoms with Crippen LogP contribution in [0.15, 0.2) is 66.7 Å². The predicted octanol–water partition coefficient (Wildman–Crippen LogP) is 5.94. The number of thiazole rings is 1. The first kappa shape index (κ1) is 19.2. The van der Waals surface area contributed by atoms with Crippen molar-refractivity contribution in [1.82, 2.24) is 10.3 Å². The second kappa shape index (κ2) is 8.45. The highest BCUT2D eigenvalue weighted by atomic mass is 32.1. The first-order chi connectivity index (χ1) is 14.1. The standard InChI is InChI=1S/C24H23N3OS/c1-16-7-12-21-22(15-16)29-23(27-21)19-8-10-20(11-9-19)26-24(28)25-14-13-18-6-4-3-5-17(18)2/h3-12,15H,13-14H2,1-2H3,(H2,25,26,28). The van der Waals surface area contributed by atoms with Crippen molar-refractivity contribution in [3.63, 3.8) is 0 Å². The van der Waals surface area contributed by atoms with Gasteiger partial charge in [0.15, 0.2) is 0 Å². The molecule has 2 amide bonds. The van der Waals surface area contributed by atoms with Crippen molar-refractivity contribution in [2.45, 2.75) is 20.3 Å². The Morgan fingerprint density at radius 1 is 1.00 bits per heavy atom. The van der Waals surface area contributed by atoms with E-state index in [1.54, 1.807) is 11.3 Å². The van der Waals surface area contributed by atoms with Gasteiger partial charge >= 0.3 is 6.03 Å². The van der Waals surface area contributed by atoms with E-state index in [0.29, 0.717) is 6.54 Å². The normalized spacial score (nSPS) is 10.8. The Kier molecular flexibility index (Phi) is 5.58. The maximum Gasteiger partial charge on any atom is 0.319 e. The number of urea groups is 1. The zero-order valence-electron chi connectivity index (χ0n) is 16.5. The first-order valence-electron chi connectivity index (χ1n) is 9.65. The van der Waals surface area contributed by atoms with Crippen LogP contribution in [0.25, 0.3) is 20.8 Å². The van der Waals surface area contributed by atoms with Crippen LogP contribution in [0.3, 0.4) is 0 Å². The second-order valence-corrected chi connectivity index (χ2v) is 8.16. The summed E-state index contributed by atoms with van der Waals surface area (Å²) in [4.78, 5) is 16.9. The van der Waals surface area contributed by atoms with Gasteiger partial charge in [-0.25, -0.2) is 9.78 Å². The summed E-state index contributed by atoms with van der Waals surface area (Å²) in [6.45, 7) is 4.77. The Balaban J connectivity index is 1.35. The van der Waals surface area contributed by atoms with Crippen LogP contribution in [-0.2, 0) is 6.42 Å². The van der Waals surface area contributed by atoms with Crippen LogP contribution in [-0.4, -0.2) is 17.6 Å². The van der Waals surface area contributed by atoms with Crippen LogP contribution in [0.1, 0.15) is 16.7 Å². The topological polar surface area (TPSA) is 54.0 Å². The summed E-state index contributed by atoms with van der Waals surface area (Å²) in [7, 11) is 0. The van der Waals surface area contributed by atoms with Gasteiger partial charge in [0.25, 0.3) is 0 Å². The van der Waals surface area contributed by atoms with Crippen molar-refractivity contribution in [3.05, 3.63) is 83.4 Å². The molecule has 1 aromatic heterocycles. The lowest BCUT2D eigenvalue weighted by atomic mass is 10.1. The molecule has 5 heteroatoms. The van der Waals surface area contributed by atoms with E-state index in [-0.39, 0.29) is 6.03 Å². The van der Waals surface area contributed by atoms with Crippen LogP contribution in [0.4, 0.5) is 10.5 Å². The minimum absolute atomic E-state index is 0.193. The molecule has 0 saturated carbocycles. The highest BCUT2D eigenvalue weighted by Gasteiger charge is 2.07. The van der Waals surface area contributed by atoms with Crippen LogP contribution in [0.5, 0.6) is 0 Å². The number of benzene rings is 3. The van der Waals surface area contributed by atoms with Gasteiger partial charge in [0.2, 0.25) is 0 Å². The zero-order chi connectivity index (χ0) is 20.2. The average Bonchev–Trinajstić information content (AvgIpc) is 3.13. The fourth-order valence-corrected chi connectivity index (χ4v) is 4.30. The van der Waals surface area contributed by atoms with Crippen molar-refractivity contribution in [3.8, 4) is 10.6 Å². The molecule has 3 aromatic carbocycles. The molecule has 1 heterocycles. The molecule has 0 unspecified atom stereocenters. The lowest BCUT2D eigenvalue weighted by Gasteiger charge is -2.09. The largest absolute Gasteiger partial charge is 0.338 e. The Morgan fingerprint density at radius 3 is 2.59 bits per heavy atom. The molecule has 4 aromatic rings. The van der Waals surface area contributed by atoms with Crippen molar-refractivity contribution in [2.75, 3.05) is 11.9 Å². The molecule has 0 bridgehead atoms. The summed E-state index contributed by atoms with van der Waals surface area (Å²) in [6.07, 6.45) is 0.816. The van der Waals surface area contributed by atoms with E-state index in [1.165, 1.54) is 21.4 Å². The van der Waals surface area contributed by atoms with Gasteiger partial charge in [-0.05, 0) is 73.4 Å². The van der Waals surface area contributed by atoms with E-state index in [9.17, 15) is 4.79 Å². The number of anilines is 1. The third kappa shape index (κ3) is 4.63. The van der Waals surface area contributed by atoms with Crippen molar-refractivity contribution < 1.29 is 4.79 Å². The lowest BCUT2D eigenvalue weighted by Crippen LogP contribution is -2.30. The monoisotopic (exact) mass is 401 g/mol. The van der Waals surface area contributed by atoms with E-state index in [1.807, 2.05) is 36.4 Å². The van der Waals surface area contributed by atoms with Crippen molar-refractivity contribution in [1.29, 1.82) is 0 Å². The van der Waals surface area contributed by atoms with Gasteiger partial charge in [-0.2, -0.15) is 0 Å². The van der Waals surface area contributed by atoms with E-state index in [0.717, 1.165) is 28.2 Å². The third-order valence-electron chi connectivity index (χ3n) is 4.87. The predicted molar refractivity (Wildman–Crippen MR) is 122 cm³/mol. The summed E-state index contributed by atoms with van der Waals surface area (Å²) in [5.41, 5.74) is 6.57. The van der Waals surface area contributed by atoms with Crippen LogP contribution in [0.2, 0.25) is 0 Å². The summed E-state index contributed by atoms with van der Waals surface area (Å²) >= 11 is 1.68. The smallest absolute Gasteiger partial charge is 0.319 e. The molecule has 0 aliphatic rings. The number of carbonyl (C=O) groups is 1. The number of amides is 2. The quantitative estimate of drug-likeness (QED) is 0.434. The number of aryl methyl sites for hydroxylation is 2. The van der Waals surface area contributed by atoms with Gasteiger partial charge in [0.05, 0.1) is 10.2 Å². The summed E-state index contributed by atoms with van der Waals surface area (Å²) in [5, 5.41) is 6.79. The highest BCUT2D eigenvalue weighted by molar-refractivity contribution is 7.21. The molecule has 0 aliphatic carbocycles. The van der Waals surface area contributed by atoms with Gasteiger partial charge in [-0.1, -0.05) is 30.3 Å². The van der Waals surface area contributed by atoms with Gasteiger partial charge < -0.3 is 10.6 Å².